The number of benzene rings is 2. The maximum Gasteiger partial charge on any atom is 0.330 e. The zero-order chi connectivity index (χ0) is 20.4. The number of hydrogen-bond donors (Lipinski definition) is 0. The second-order valence-electron chi connectivity index (χ2n) is 4.90. The standard InChI is InChI=1S/C18H19N3OS/c1-20(16-11-6-3-7-12-16)18(22)21-13-8-14-23-17(21)19-15-9-4-2-5-10-15/h2-7,9-12H,8,13-14H2,1H3/i2D,4D,5D,9D,10D. The van der Waals surface area contributed by atoms with E-state index < -0.39 is 18.1 Å². The number of rotatable bonds is 2. The van der Waals surface area contributed by atoms with Crippen LogP contribution in [0, 0.1) is 0 Å². The Morgan fingerprint density at radius 2 is 2.00 bits per heavy atom. The fraction of sp³-hybridized carbons (Fsp3) is 0.222. The number of nitrogens with zero attached hydrogens (tertiary/aromatic N) is 3. The van der Waals surface area contributed by atoms with Crippen molar-refractivity contribution in [2.75, 3.05) is 24.2 Å². The van der Waals surface area contributed by atoms with Gasteiger partial charge >= 0.3 is 6.03 Å². The number of amides is 2. The molecule has 0 radical (unpaired) electrons. The van der Waals surface area contributed by atoms with Crippen molar-refractivity contribution in [3.63, 3.8) is 0 Å². The van der Waals surface area contributed by atoms with E-state index in [9.17, 15) is 4.79 Å². The van der Waals surface area contributed by atoms with Crippen molar-refractivity contribution in [3.8, 4) is 0 Å². The Morgan fingerprint density at radius 1 is 1.26 bits per heavy atom. The van der Waals surface area contributed by atoms with Gasteiger partial charge in [-0.1, -0.05) is 48.1 Å². The van der Waals surface area contributed by atoms with Crippen LogP contribution >= 0.6 is 11.8 Å². The van der Waals surface area contributed by atoms with Crippen molar-refractivity contribution in [1.29, 1.82) is 0 Å². The van der Waals surface area contributed by atoms with Crippen molar-refractivity contribution >= 4 is 34.3 Å². The highest BCUT2D eigenvalue weighted by molar-refractivity contribution is 8.13. The van der Waals surface area contributed by atoms with E-state index in [2.05, 4.69) is 4.99 Å². The molecule has 0 spiro atoms. The Morgan fingerprint density at radius 3 is 2.74 bits per heavy atom. The van der Waals surface area contributed by atoms with Crippen LogP contribution in [-0.2, 0) is 0 Å². The van der Waals surface area contributed by atoms with Gasteiger partial charge in [-0.15, -0.1) is 0 Å². The summed E-state index contributed by atoms with van der Waals surface area (Å²) < 4.78 is 39.4. The van der Waals surface area contributed by atoms with E-state index in [-0.39, 0.29) is 23.8 Å². The second kappa shape index (κ2) is 7.33. The molecule has 4 nitrogen and oxygen atoms in total. The monoisotopic (exact) mass is 330 g/mol. The van der Waals surface area contributed by atoms with Gasteiger partial charge < -0.3 is 0 Å². The third kappa shape index (κ3) is 3.74. The molecule has 1 aliphatic heterocycles. The highest BCUT2D eigenvalue weighted by atomic mass is 32.2. The van der Waals surface area contributed by atoms with E-state index in [1.807, 2.05) is 30.3 Å². The quantitative estimate of drug-likeness (QED) is 0.820. The Kier molecular flexibility index (Phi) is 3.34. The molecule has 1 heterocycles. The fourth-order valence-corrected chi connectivity index (χ4v) is 3.10. The number of amidine groups is 1. The molecule has 0 unspecified atom stereocenters. The highest BCUT2D eigenvalue weighted by Gasteiger charge is 2.26. The van der Waals surface area contributed by atoms with Crippen molar-refractivity contribution in [3.05, 3.63) is 60.5 Å². The van der Waals surface area contributed by atoms with Crippen LogP contribution in [0.25, 0.3) is 0 Å². The number of carbonyl (C=O) groups excluding carboxylic acids is 1. The number of thioether (sulfide) groups is 1. The van der Waals surface area contributed by atoms with E-state index in [4.69, 9.17) is 6.85 Å². The Labute approximate surface area is 147 Å². The number of anilines is 1. The average Bonchev–Trinajstić information content (AvgIpc) is 2.73. The summed E-state index contributed by atoms with van der Waals surface area (Å²) in [6.45, 7) is 0.445. The molecule has 23 heavy (non-hydrogen) atoms. The third-order valence-corrected chi connectivity index (χ3v) is 4.41. The van der Waals surface area contributed by atoms with E-state index >= 15 is 0 Å². The van der Waals surface area contributed by atoms with E-state index in [0.29, 0.717) is 11.7 Å². The third-order valence-electron chi connectivity index (χ3n) is 3.34. The van der Waals surface area contributed by atoms with Crippen LogP contribution in [0.2, 0.25) is 0 Å². The van der Waals surface area contributed by atoms with Crippen LogP contribution in [0.15, 0.2) is 65.5 Å². The molecule has 0 saturated carbocycles. The summed E-state index contributed by atoms with van der Waals surface area (Å²) in [4.78, 5) is 20.3. The molecule has 118 valence electrons. The van der Waals surface area contributed by atoms with Gasteiger partial charge in [0, 0.05) is 25.0 Å². The molecule has 0 N–H and O–H groups in total. The van der Waals surface area contributed by atoms with Crippen LogP contribution < -0.4 is 4.90 Å². The minimum Gasteiger partial charge on any atom is -0.297 e. The predicted octanol–water partition coefficient (Wildman–Crippen LogP) is 4.37. The van der Waals surface area contributed by atoms with Crippen LogP contribution in [-0.4, -0.2) is 35.4 Å². The van der Waals surface area contributed by atoms with Crippen LogP contribution in [0.4, 0.5) is 16.2 Å². The lowest BCUT2D eigenvalue weighted by molar-refractivity contribution is 0.228. The lowest BCUT2D eigenvalue weighted by Gasteiger charge is -2.31. The fourth-order valence-electron chi connectivity index (χ4n) is 2.17. The zero-order valence-corrected chi connectivity index (χ0v) is 13.5. The molecular formula is C18H19N3OS. The predicted molar refractivity (Wildman–Crippen MR) is 97.6 cm³/mol. The van der Waals surface area contributed by atoms with Gasteiger partial charge in [0.05, 0.1) is 12.5 Å². The van der Waals surface area contributed by atoms with Gasteiger partial charge in [-0.25, -0.2) is 9.79 Å². The molecule has 0 aromatic heterocycles. The van der Waals surface area contributed by atoms with E-state index in [1.54, 1.807) is 7.05 Å². The topological polar surface area (TPSA) is 35.9 Å². The first kappa shape index (κ1) is 10.5. The van der Waals surface area contributed by atoms with Crippen LogP contribution in [0.3, 0.4) is 0 Å². The minimum absolute atomic E-state index is 0.157. The molecule has 2 aromatic rings. The Bertz CT molecular complexity index is 910. The Balaban J connectivity index is 2.00. The van der Waals surface area contributed by atoms with Gasteiger partial charge in [0.2, 0.25) is 0 Å². The summed E-state index contributed by atoms with van der Waals surface area (Å²) in [6.07, 6.45) is 0.776. The summed E-state index contributed by atoms with van der Waals surface area (Å²) in [7, 11) is 1.67. The molecule has 1 fully saturated rings. The van der Waals surface area contributed by atoms with Gasteiger partial charge in [-0.05, 0) is 30.6 Å². The van der Waals surface area contributed by atoms with E-state index in [1.165, 1.54) is 21.6 Å². The lowest BCUT2D eigenvalue weighted by atomic mass is 10.3. The maximum absolute atomic E-state index is 13.0. The summed E-state index contributed by atoms with van der Waals surface area (Å²) in [5, 5.41) is 0.331. The summed E-state index contributed by atoms with van der Waals surface area (Å²) in [5.41, 5.74) is 0.570. The van der Waals surface area contributed by atoms with Crippen LogP contribution in [0.5, 0.6) is 0 Å². The van der Waals surface area contributed by atoms with Gasteiger partial charge in [-0.2, -0.15) is 0 Å². The minimum atomic E-state index is -0.466. The number of aliphatic imine (C=N–C) groups is 1. The molecule has 0 bridgehead atoms. The normalized spacial score (nSPS) is 19.4. The van der Waals surface area contributed by atoms with Crippen molar-refractivity contribution in [2.45, 2.75) is 6.42 Å². The molecular weight excluding hydrogens is 306 g/mol. The molecule has 0 aliphatic carbocycles. The lowest BCUT2D eigenvalue weighted by Crippen LogP contribution is -2.46. The largest absolute Gasteiger partial charge is 0.330 e. The molecule has 0 atom stereocenters. The summed E-state index contributed by atoms with van der Waals surface area (Å²) in [5.74, 6) is 0.732. The van der Waals surface area contributed by atoms with Gasteiger partial charge in [-0.3, -0.25) is 9.80 Å². The smallest absolute Gasteiger partial charge is 0.297 e. The summed E-state index contributed by atoms with van der Waals surface area (Å²) in [6, 6.07) is 6.78. The first-order chi connectivity index (χ1) is 13.3. The average molecular weight is 330 g/mol. The van der Waals surface area contributed by atoms with Gasteiger partial charge in [0.25, 0.3) is 0 Å². The highest BCUT2D eigenvalue weighted by Crippen LogP contribution is 2.24. The summed E-state index contributed by atoms with van der Waals surface area (Å²) >= 11 is 1.33. The Hall–Kier alpha value is -2.27. The maximum atomic E-state index is 13.0. The number of carbonyl (C=O) groups is 1. The molecule has 2 aromatic carbocycles. The van der Waals surface area contributed by atoms with Gasteiger partial charge in [0.15, 0.2) is 5.17 Å². The van der Waals surface area contributed by atoms with Crippen molar-refractivity contribution in [2.24, 2.45) is 4.99 Å². The number of hydrogen-bond acceptors (Lipinski definition) is 3. The number of para-hydroxylation sites is 2. The van der Waals surface area contributed by atoms with Crippen molar-refractivity contribution < 1.29 is 11.6 Å². The van der Waals surface area contributed by atoms with Crippen molar-refractivity contribution in [1.82, 2.24) is 4.90 Å². The molecule has 3 rings (SSSR count). The first-order valence-corrected chi connectivity index (χ1v) is 8.20. The zero-order valence-electron chi connectivity index (χ0n) is 17.7. The van der Waals surface area contributed by atoms with E-state index in [0.717, 1.165) is 17.9 Å². The second-order valence-corrected chi connectivity index (χ2v) is 5.96. The molecule has 2 amide bonds. The first-order valence-electron chi connectivity index (χ1n) is 9.71. The SMILES string of the molecule is [2H]c1c([2H])c([2H])c(N=C2SCCCN2C(=O)N(C)c2ccccc2)c([2H])c1[2H]. The van der Waals surface area contributed by atoms with Crippen LogP contribution in [0.1, 0.15) is 13.3 Å². The molecule has 1 saturated heterocycles. The molecule has 1 aliphatic rings. The molecule has 5 heteroatoms. The van der Waals surface area contributed by atoms with Gasteiger partial charge in [0.1, 0.15) is 0 Å². The number of urea groups is 1.